The van der Waals surface area contributed by atoms with Gasteiger partial charge in [0.25, 0.3) is 17.7 Å². The number of rotatable bonds is 14. The molecule has 3 fully saturated rings. The monoisotopic (exact) mass is 986 g/mol. The van der Waals surface area contributed by atoms with Gasteiger partial charge in [-0.15, -0.1) is 0 Å². The molecular formula is C49H53F3N8O9S. The summed E-state index contributed by atoms with van der Waals surface area (Å²) >= 11 is 0. The van der Waals surface area contributed by atoms with Crippen LogP contribution in [0.1, 0.15) is 76.7 Å². The van der Waals surface area contributed by atoms with Gasteiger partial charge in [-0.05, 0) is 74.2 Å². The number of hydrogen-bond donors (Lipinski definition) is 1. The van der Waals surface area contributed by atoms with E-state index in [2.05, 4.69) is 15.4 Å². The standard InChI is InChI=1S/C49H53F3N8O9S/c1-6-68-39-23-30(9-12-37(39)67-4)36(27-70(5,65)66)60-45(62)32-14-17-53-44(42(32)46(60)63)59-21-19-58(20-22-59)40-15-18-57(28-49(40,51)52)26-29-7-10-31(11-8-29)69-38-25-35-33(24-34(38)50)43(55-56(35)3)48(2)16-13-41(61)54-47(48)64/h7-12,14,17,23-25,36,40H,6,13,15-16,18-22,26-28H2,1-5H3,(H,54,61,64)/t36-,40+,48-/m1/s1. The quantitative estimate of drug-likeness (QED) is 0.139. The number of aryl methyl sites for hydroxylation is 1. The molecule has 1 N–H and O–H groups in total. The lowest BCUT2D eigenvalue weighted by molar-refractivity contribution is -0.137. The van der Waals surface area contributed by atoms with E-state index in [1.54, 1.807) is 73.2 Å². The number of methoxy groups -OCH3 is 1. The normalized spacial score (nSPS) is 21.5. The number of carbonyl (C=O) groups excluding carboxylic acids is 4. The number of anilines is 1. The van der Waals surface area contributed by atoms with Crippen LogP contribution in [0.15, 0.2) is 66.9 Å². The van der Waals surface area contributed by atoms with Crippen LogP contribution in [-0.2, 0) is 38.4 Å². The van der Waals surface area contributed by atoms with Gasteiger partial charge in [-0.1, -0.05) is 18.2 Å². The predicted molar refractivity (Wildman–Crippen MR) is 251 cm³/mol. The number of benzene rings is 3. The summed E-state index contributed by atoms with van der Waals surface area (Å²) in [6.07, 6.45) is 3.02. The molecule has 5 aromatic rings. The summed E-state index contributed by atoms with van der Waals surface area (Å²) < 4.78 is 91.8. The maximum absolute atomic E-state index is 16.1. The van der Waals surface area contributed by atoms with Crippen molar-refractivity contribution >= 4 is 50.2 Å². The van der Waals surface area contributed by atoms with Crippen molar-refractivity contribution in [2.45, 2.75) is 63.1 Å². The summed E-state index contributed by atoms with van der Waals surface area (Å²) in [7, 11) is -0.592. The second kappa shape index (κ2) is 18.6. The number of ether oxygens (including phenoxy) is 3. The van der Waals surface area contributed by atoms with E-state index in [1.165, 1.54) is 36.2 Å². The number of aromatic nitrogens is 3. The van der Waals surface area contributed by atoms with Gasteiger partial charge in [-0.25, -0.2) is 26.6 Å². The van der Waals surface area contributed by atoms with Crippen LogP contribution in [0.5, 0.6) is 23.0 Å². The lowest BCUT2D eigenvalue weighted by Crippen LogP contribution is -2.61. The molecule has 4 aliphatic rings. The number of carbonyl (C=O) groups is 4. The lowest BCUT2D eigenvalue weighted by Gasteiger charge is -2.46. The topological polar surface area (TPSA) is 186 Å². The van der Waals surface area contributed by atoms with Gasteiger partial charge >= 0.3 is 0 Å². The Labute approximate surface area is 402 Å². The molecule has 4 aliphatic heterocycles. The smallest absolute Gasteiger partial charge is 0.275 e. The zero-order valence-electron chi connectivity index (χ0n) is 39.3. The third-order valence-corrected chi connectivity index (χ3v) is 14.7. The molecule has 0 radical (unpaired) electrons. The Kier molecular flexibility index (Phi) is 12.9. The third kappa shape index (κ3) is 9.16. The SMILES string of the molecule is CCOc1cc([C@@H](CS(C)(=O)=O)N2C(=O)c3ccnc(N4CCN([C@H]5CCN(Cc6ccc(Oc7cc8c(cc7F)c([C@@]7(C)CCC(=O)NC7=O)nn8C)cc6)CC5(F)F)CC4)c3C2=O)ccc1OC. The Morgan fingerprint density at radius 2 is 1.67 bits per heavy atom. The van der Waals surface area contributed by atoms with Gasteiger partial charge in [0.15, 0.2) is 23.1 Å². The molecule has 21 heteroatoms. The maximum atomic E-state index is 16.1. The highest BCUT2D eigenvalue weighted by molar-refractivity contribution is 7.90. The number of halogens is 3. The molecule has 3 aromatic carbocycles. The number of imide groups is 2. The molecule has 9 rings (SSSR count). The Balaban J connectivity index is 0.824. The lowest BCUT2D eigenvalue weighted by atomic mass is 9.77. The Morgan fingerprint density at radius 1 is 0.929 bits per heavy atom. The predicted octanol–water partition coefficient (Wildman–Crippen LogP) is 5.42. The van der Waals surface area contributed by atoms with Crippen molar-refractivity contribution in [1.29, 1.82) is 0 Å². The summed E-state index contributed by atoms with van der Waals surface area (Å²) in [6.45, 7) is 4.92. The maximum Gasteiger partial charge on any atom is 0.275 e. The number of piperidine rings is 2. The number of fused-ring (bicyclic) bond motifs is 2. The summed E-state index contributed by atoms with van der Waals surface area (Å²) in [5, 5.41) is 7.32. The van der Waals surface area contributed by atoms with Crippen LogP contribution in [0.3, 0.4) is 0 Å². The molecule has 6 heterocycles. The highest BCUT2D eigenvalue weighted by Gasteiger charge is 2.49. The number of nitrogens with zero attached hydrogens (tertiary/aromatic N) is 7. The molecule has 3 atom stereocenters. The number of nitrogens with one attached hydrogen (secondary N) is 1. The number of hydrogen-bond acceptors (Lipinski definition) is 14. The van der Waals surface area contributed by atoms with Crippen LogP contribution in [0.25, 0.3) is 10.9 Å². The van der Waals surface area contributed by atoms with E-state index < -0.39 is 69.1 Å². The van der Waals surface area contributed by atoms with Crippen molar-refractivity contribution < 1.29 is 55.0 Å². The van der Waals surface area contributed by atoms with Crippen molar-refractivity contribution in [3.05, 3.63) is 101 Å². The summed E-state index contributed by atoms with van der Waals surface area (Å²) in [5.41, 5.74) is 0.992. The zero-order valence-corrected chi connectivity index (χ0v) is 40.2. The molecule has 17 nitrogen and oxygen atoms in total. The fourth-order valence-corrected chi connectivity index (χ4v) is 11.0. The van der Waals surface area contributed by atoms with Crippen molar-refractivity contribution in [3.8, 4) is 23.0 Å². The first-order chi connectivity index (χ1) is 33.3. The van der Waals surface area contributed by atoms with Crippen molar-refractivity contribution in [2.24, 2.45) is 7.05 Å². The van der Waals surface area contributed by atoms with Crippen molar-refractivity contribution in [2.75, 3.05) is 69.9 Å². The molecule has 70 heavy (non-hydrogen) atoms. The van der Waals surface area contributed by atoms with E-state index in [1.807, 2.05) is 4.90 Å². The second-order valence-corrected chi connectivity index (χ2v) is 20.7. The Bertz CT molecular complexity index is 3020. The first kappa shape index (κ1) is 48.4. The molecule has 0 aliphatic carbocycles. The largest absolute Gasteiger partial charge is 0.493 e. The number of sulfone groups is 1. The number of amides is 4. The molecule has 370 valence electrons. The third-order valence-electron chi connectivity index (χ3n) is 13.7. The molecular weight excluding hydrogens is 934 g/mol. The van der Waals surface area contributed by atoms with Crippen LogP contribution in [0.2, 0.25) is 0 Å². The molecule has 0 bridgehead atoms. The zero-order chi connectivity index (χ0) is 49.9. The molecule has 4 amide bonds. The average molecular weight is 987 g/mol. The van der Waals surface area contributed by atoms with Gasteiger partial charge in [0, 0.05) is 76.6 Å². The average Bonchev–Trinajstić information content (AvgIpc) is 3.78. The van der Waals surface area contributed by atoms with E-state index >= 15 is 13.2 Å². The highest BCUT2D eigenvalue weighted by atomic mass is 32.2. The molecule has 0 spiro atoms. The van der Waals surface area contributed by atoms with E-state index in [0.29, 0.717) is 46.0 Å². The number of alkyl halides is 2. The van der Waals surface area contributed by atoms with Gasteiger partial charge in [-0.2, -0.15) is 5.10 Å². The molecule has 3 saturated heterocycles. The number of piperazine rings is 1. The Morgan fingerprint density at radius 3 is 2.34 bits per heavy atom. The first-order valence-electron chi connectivity index (χ1n) is 23.0. The van der Waals surface area contributed by atoms with Gasteiger partial charge in [0.1, 0.15) is 21.4 Å². The van der Waals surface area contributed by atoms with Crippen LogP contribution < -0.4 is 24.4 Å². The minimum Gasteiger partial charge on any atom is -0.493 e. The van der Waals surface area contributed by atoms with Gasteiger partial charge in [-0.3, -0.25) is 43.9 Å². The van der Waals surface area contributed by atoms with E-state index in [9.17, 15) is 27.6 Å². The highest BCUT2D eigenvalue weighted by Crippen LogP contribution is 2.41. The van der Waals surface area contributed by atoms with Gasteiger partial charge < -0.3 is 19.1 Å². The summed E-state index contributed by atoms with van der Waals surface area (Å²) in [5.74, 6) is -5.30. The van der Waals surface area contributed by atoms with Crippen LogP contribution in [0, 0.1) is 5.82 Å². The Hall–Kier alpha value is -6.58. The van der Waals surface area contributed by atoms with Gasteiger partial charge in [0.2, 0.25) is 11.8 Å². The summed E-state index contributed by atoms with van der Waals surface area (Å²) in [6, 6.07) is 13.5. The molecule has 2 aromatic heterocycles. The van der Waals surface area contributed by atoms with Gasteiger partial charge in [0.05, 0.1) is 65.9 Å². The number of likely N-dealkylation sites (tertiary alicyclic amines) is 1. The molecule has 0 unspecified atom stereocenters. The van der Waals surface area contributed by atoms with Crippen LogP contribution >= 0.6 is 0 Å². The van der Waals surface area contributed by atoms with Crippen molar-refractivity contribution in [1.82, 2.24) is 34.8 Å². The number of pyridine rings is 1. The second-order valence-electron chi connectivity index (χ2n) is 18.5. The molecule has 0 saturated carbocycles. The van der Waals surface area contributed by atoms with E-state index in [-0.39, 0.29) is 87.2 Å². The fraction of sp³-hybridized carbons (Fsp3) is 0.429. The van der Waals surface area contributed by atoms with Crippen LogP contribution in [0.4, 0.5) is 19.0 Å². The summed E-state index contributed by atoms with van der Waals surface area (Å²) in [4.78, 5) is 63.7. The first-order valence-corrected chi connectivity index (χ1v) is 25.1. The fourth-order valence-electron chi connectivity index (χ4n) is 10.1. The minimum atomic E-state index is -3.73. The van der Waals surface area contributed by atoms with E-state index in [4.69, 9.17) is 14.2 Å². The minimum absolute atomic E-state index is 0.0335. The van der Waals surface area contributed by atoms with Crippen LogP contribution in [-0.4, -0.2) is 138 Å². The van der Waals surface area contributed by atoms with E-state index in [0.717, 1.165) is 16.7 Å². The van der Waals surface area contributed by atoms with Crippen molar-refractivity contribution in [3.63, 3.8) is 0 Å².